The van der Waals surface area contributed by atoms with E-state index in [0.29, 0.717) is 24.0 Å². The highest BCUT2D eigenvalue weighted by molar-refractivity contribution is 5.95. The number of carbonyl (C=O) groups is 2. The van der Waals surface area contributed by atoms with Crippen LogP contribution < -0.4 is 10.6 Å². The second kappa shape index (κ2) is 8.31. The van der Waals surface area contributed by atoms with Gasteiger partial charge in [0.1, 0.15) is 5.82 Å². The normalized spacial score (nSPS) is 14.7. The zero-order valence-corrected chi connectivity index (χ0v) is 15.5. The molecule has 0 unspecified atom stereocenters. The minimum Gasteiger partial charge on any atom is -0.326 e. The van der Waals surface area contributed by atoms with Crippen molar-refractivity contribution < 1.29 is 14.0 Å². The molecule has 142 valence electrons. The lowest BCUT2D eigenvalue weighted by atomic mass is 10.1. The summed E-state index contributed by atoms with van der Waals surface area (Å²) in [5, 5.41) is 5.62. The molecule has 6 heteroatoms. The maximum Gasteiger partial charge on any atom is 0.241 e. The van der Waals surface area contributed by atoms with Gasteiger partial charge in [-0.2, -0.15) is 0 Å². The summed E-state index contributed by atoms with van der Waals surface area (Å²) in [4.78, 5) is 25.9. The van der Waals surface area contributed by atoms with Crippen molar-refractivity contribution in [2.24, 2.45) is 0 Å². The summed E-state index contributed by atoms with van der Waals surface area (Å²) in [5.74, 6) is -0.484. The molecule has 1 aliphatic carbocycles. The van der Waals surface area contributed by atoms with Crippen LogP contribution in [0.1, 0.15) is 32.3 Å². The van der Waals surface area contributed by atoms with Crippen LogP contribution in [0, 0.1) is 5.82 Å². The van der Waals surface area contributed by atoms with Gasteiger partial charge in [0, 0.05) is 30.9 Å². The van der Waals surface area contributed by atoms with Crippen LogP contribution in [-0.4, -0.2) is 28.8 Å². The summed E-state index contributed by atoms with van der Waals surface area (Å²) in [5.41, 5.74) is 2.35. The molecule has 0 aliphatic heterocycles. The van der Waals surface area contributed by atoms with Crippen LogP contribution in [0.4, 0.5) is 15.8 Å². The number of halogens is 1. The molecule has 1 aliphatic rings. The first-order valence-corrected chi connectivity index (χ1v) is 9.11. The van der Waals surface area contributed by atoms with Gasteiger partial charge in [-0.25, -0.2) is 4.39 Å². The van der Waals surface area contributed by atoms with Gasteiger partial charge < -0.3 is 10.6 Å². The first-order chi connectivity index (χ1) is 12.9. The maximum atomic E-state index is 13.1. The van der Waals surface area contributed by atoms with E-state index < -0.39 is 0 Å². The lowest BCUT2D eigenvalue weighted by Gasteiger charge is -2.28. The number of carbonyl (C=O) groups excluding carboxylic acids is 2. The van der Waals surface area contributed by atoms with Gasteiger partial charge in [-0.15, -0.1) is 0 Å². The van der Waals surface area contributed by atoms with Gasteiger partial charge in [-0.1, -0.05) is 12.1 Å². The van der Waals surface area contributed by atoms with E-state index in [-0.39, 0.29) is 23.7 Å². The molecular formula is C21H24FN3O2. The van der Waals surface area contributed by atoms with Gasteiger partial charge in [0.05, 0.1) is 6.04 Å². The molecule has 2 aromatic carbocycles. The van der Waals surface area contributed by atoms with Crippen LogP contribution in [0.2, 0.25) is 0 Å². The SMILES string of the molecule is CC(=O)Nc1ccc(NC(=O)[C@H](C)N(Cc2ccc(F)cc2)C2CC2)cc1. The number of nitrogens with one attached hydrogen (secondary N) is 2. The summed E-state index contributed by atoms with van der Waals surface area (Å²) in [7, 11) is 0. The van der Waals surface area contributed by atoms with E-state index in [0.717, 1.165) is 18.4 Å². The molecule has 3 rings (SSSR count). The lowest BCUT2D eigenvalue weighted by molar-refractivity contribution is -0.121. The number of hydrogen-bond acceptors (Lipinski definition) is 3. The number of anilines is 2. The molecule has 0 saturated heterocycles. The van der Waals surface area contributed by atoms with Crippen LogP contribution >= 0.6 is 0 Å². The van der Waals surface area contributed by atoms with E-state index >= 15 is 0 Å². The predicted molar refractivity (Wildman–Crippen MR) is 104 cm³/mol. The molecule has 0 radical (unpaired) electrons. The van der Waals surface area contributed by atoms with Crippen molar-refractivity contribution in [2.75, 3.05) is 10.6 Å². The lowest BCUT2D eigenvalue weighted by Crippen LogP contribution is -2.43. The summed E-state index contributed by atoms with van der Waals surface area (Å²) in [6, 6.07) is 13.5. The largest absolute Gasteiger partial charge is 0.326 e. The van der Waals surface area contributed by atoms with E-state index in [1.165, 1.54) is 19.1 Å². The van der Waals surface area contributed by atoms with E-state index in [1.807, 2.05) is 6.92 Å². The molecule has 0 aromatic heterocycles. The van der Waals surface area contributed by atoms with Gasteiger partial charge in [0.2, 0.25) is 11.8 Å². The Labute approximate surface area is 158 Å². The standard InChI is InChI=1S/C21H24FN3O2/c1-14(21(27)24-19-9-7-18(8-10-19)23-15(2)26)25(20-11-12-20)13-16-3-5-17(22)6-4-16/h3-10,14,20H,11-13H2,1-2H3,(H,23,26)(H,24,27)/t14-/m0/s1. The Balaban J connectivity index is 1.63. The molecule has 2 aromatic rings. The van der Waals surface area contributed by atoms with Crippen LogP contribution in [0.15, 0.2) is 48.5 Å². The fourth-order valence-electron chi connectivity index (χ4n) is 3.03. The molecular weight excluding hydrogens is 345 g/mol. The Morgan fingerprint density at radius 3 is 2.11 bits per heavy atom. The Kier molecular flexibility index (Phi) is 5.86. The smallest absolute Gasteiger partial charge is 0.241 e. The third-order valence-corrected chi connectivity index (χ3v) is 4.64. The van der Waals surface area contributed by atoms with Crippen molar-refractivity contribution in [3.63, 3.8) is 0 Å². The fourth-order valence-corrected chi connectivity index (χ4v) is 3.03. The molecule has 1 saturated carbocycles. The number of rotatable bonds is 7. The van der Waals surface area contributed by atoms with Crippen molar-refractivity contribution in [1.82, 2.24) is 4.90 Å². The van der Waals surface area contributed by atoms with Crippen LogP contribution in [0.5, 0.6) is 0 Å². The van der Waals surface area contributed by atoms with Crippen molar-refractivity contribution >= 4 is 23.2 Å². The molecule has 2 amide bonds. The molecule has 27 heavy (non-hydrogen) atoms. The Hall–Kier alpha value is -2.73. The van der Waals surface area contributed by atoms with E-state index in [4.69, 9.17) is 0 Å². The number of benzene rings is 2. The van der Waals surface area contributed by atoms with Crippen molar-refractivity contribution in [1.29, 1.82) is 0 Å². The Bertz CT molecular complexity index is 801. The van der Waals surface area contributed by atoms with Crippen molar-refractivity contribution in [3.8, 4) is 0 Å². The quantitative estimate of drug-likeness (QED) is 0.781. The Morgan fingerprint density at radius 1 is 1.04 bits per heavy atom. The third-order valence-electron chi connectivity index (χ3n) is 4.64. The van der Waals surface area contributed by atoms with E-state index in [2.05, 4.69) is 15.5 Å². The Morgan fingerprint density at radius 2 is 1.59 bits per heavy atom. The number of nitrogens with zero attached hydrogens (tertiary/aromatic N) is 1. The molecule has 1 fully saturated rings. The molecule has 2 N–H and O–H groups in total. The highest BCUT2D eigenvalue weighted by Crippen LogP contribution is 2.30. The van der Waals surface area contributed by atoms with Gasteiger partial charge in [0.15, 0.2) is 0 Å². The predicted octanol–water partition coefficient (Wildman–Crippen LogP) is 3.78. The second-order valence-corrected chi connectivity index (χ2v) is 6.95. The van der Waals surface area contributed by atoms with Gasteiger partial charge in [-0.05, 0) is 61.7 Å². The van der Waals surface area contributed by atoms with Crippen molar-refractivity contribution in [3.05, 3.63) is 59.9 Å². The average Bonchev–Trinajstić information content (AvgIpc) is 3.47. The minimum atomic E-state index is -0.308. The van der Waals surface area contributed by atoms with Gasteiger partial charge >= 0.3 is 0 Å². The average molecular weight is 369 g/mol. The van der Waals surface area contributed by atoms with Crippen molar-refractivity contribution in [2.45, 2.75) is 45.3 Å². The highest BCUT2D eigenvalue weighted by atomic mass is 19.1. The maximum absolute atomic E-state index is 13.1. The van der Waals surface area contributed by atoms with Crippen LogP contribution in [-0.2, 0) is 16.1 Å². The second-order valence-electron chi connectivity index (χ2n) is 6.95. The minimum absolute atomic E-state index is 0.0868. The first kappa shape index (κ1) is 19.0. The monoisotopic (exact) mass is 369 g/mol. The van der Waals surface area contributed by atoms with Crippen LogP contribution in [0.3, 0.4) is 0 Å². The topological polar surface area (TPSA) is 61.4 Å². The molecule has 0 heterocycles. The first-order valence-electron chi connectivity index (χ1n) is 9.11. The summed E-state index contributed by atoms with van der Waals surface area (Å²) in [6.45, 7) is 3.95. The number of amides is 2. The summed E-state index contributed by atoms with van der Waals surface area (Å²) >= 11 is 0. The summed E-state index contributed by atoms with van der Waals surface area (Å²) in [6.07, 6.45) is 2.15. The third kappa shape index (κ3) is 5.37. The molecule has 0 spiro atoms. The highest BCUT2D eigenvalue weighted by Gasteiger charge is 2.35. The van der Waals surface area contributed by atoms with E-state index in [9.17, 15) is 14.0 Å². The summed E-state index contributed by atoms with van der Waals surface area (Å²) < 4.78 is 13.1. The molecule has 0 bridgehead atoms. The zero-order chi connectivity index (χ0) is 19.4. The fraction of sp³-hybridized carbons (Fsp3) is 0.333. The number of hydrogen-bond donors (Lipinski definition) is 2. The molecule has 5 nitrogen and oxygen atoms in total. The van der Waals surface area contributed by atoms with Crippen LogP contribution in [0.25, 0.3) is 0 Å². The zero-order valence-electron chi connectivity index (χ0n) is 15.5. The van der Waals surface area contributed by atoms with E-state index in [1.54, 1.807) is 36.4 Å². The van der Waals surface area contributed by atoms with Gasteiger partial charge in [0.25, 0.3) is 0 Å². The molecule has 1 atom stereocenters. The van der Waals surface area contributed by atoms with Gasteiger partial charge in [-0.3, -0.25) is 14.5 Å².